The molecule has 1 aliphatic heterocycles. The van der Waals surface area contributed by atoms with E-state index in [9.17, 15) is 9.59 Å². The average Bonchev–Trinajstić information content (AvgIpc) is 3.34. The second-order valence-electron chi connectivity index (χ2n) is 6.59. The minimum Gasteiger partial charge on any atom is -0.481 e. The fourth-order valence-corrected chi connectivity index (χ4v) is 3.77. The minimum atomic E-state index is -0.745. The van der Waals surface area contributed by atoms with E-state index in [0.29, 0.717) is 6.42 Å². The smallest absolute Gasteiger partial charge is 0.303 e. The fraction of sp³-hybridized carbons (Fsp3) is 0.429. The predicted octanol–water partition coefficient (Wildman–Crippen LogP) is 4.96. The molecule has 2 aromatic heterocycles. The van der Waals surface area contributed by atoms with E-state index in [1.54, 1.807) is 6.92 Å². The van der Waals surface area contributed by atoms with Crippen LogP contribution >= 0.6 is 31.9 Å². The lowest BCUT2D eigenvalue weighted by atomic mass is 10.2. The second-order valence-corrected chi connectivity index (χ2v) is 8.21. The average molecular weight is 527 g/mol. The van der Waals surface area contributed by atoms with Gasteiger partial charge in [-0.15, -0.1) is 0 Å². The molecule has 156 valence electrons. The van der Waals surface area contributed by atoms with E-state index in [0.717, 1.165) is 40.0 Å². The number of halogens is 2. The lowest BCUT2D eigenvalue weighted by Crippen LogP contribution is -2.27. The van der Waals surface area contributed by atoms with E-state index in [1.807, 2.05) is 30.0 Å². The van der Waals surface area contributed by atoms with Crippen LogP contribution in [0.5, 0.6) is 0 Å². The van der Waals surface area contributed by atoms with Crippen molar-refractivity contribution in [2.45, 2.75) is 52.4 Å². The number of aliphatic carboxylic acids is 1. The summed E-state index contributed by atoms with van der Waals surface area (Å²) in [6, 6.07) is 8.01. The van der Waals surface area contributed by atoms with Crippen molar-refractivity contribution in [2.24, 2.45) is 0 Å². The first-order valence-electron chi connectivity index (χ1n) is 9.67. The highest BCUT2D eigenvalue weighted by Gasteiger charge is 2.24. The summed E-state index contributed by atoms with van der Waals surface area (Å²) >= 11 is 6.68. The molecule has 0 spiro atoms. The zero-order chi connectivity index (χ0) is 21.4. The number of hydrogen-bond acceptors (Lipinski definition) is 4. The molecular weight excluding hydrogens is 502 g/mol. The van der Waals surface area contributed by atoms with Gasteiger partial charge in [-0.3, -0.25) is 9.59 Å². The van der Waals surface area contributed by atoms with Crippen molar-refractivity contribution in [3.63, 3.8) is 0 Å². The standard InChI is InChI=1S/C10H11BrN2O.C8H8BrN.C3H6O2/c1-2-10(14)13-6-5-7-8(13)3-4-9(11)12-7;9-8-5-4-6-2-1-3-7(6)10-8;1-2-3(4)5/h3-4H,2,5-6H2,1H3;4-5H,1-3H2;2H2,1H3,(H,4,5). The molecule has 2 aliphatic rings. The summed E-state index contributed by atoms with van der Waals surface area (Å²) in [6.45, 7) is 4.25. The summed E-state index contributed by atoms with van der Waals surface area (Å²) in [5.41, 5.74) is 4.71. The Morgan fingerprint density at radius 1 is 0.966 bits per heavy atom. The molecular formula is C21H25Br2N3O3. The van der Waals surface area contributed by atoms with Gasteiger partial charge in [0.25, 0.3) is 0 Å². The number of amides is 1. The minimum absolute atomic E-state index is 0.174. The SMILES string of the molecule is Brc1ccc2c(n1)CCC2.CCC(=O)N1CCc2nc(Br)ccc21.CCC(=O)O. The Bertz CT molecular complexity index is 874. The van der Waals surface area contributed by atoms with Crippen LogP contribution in [0, 0.1) is 0 Å². The van der Waals surface area contributed by atoms with Crippen LogP contribution in [0.1, 0.15) is 50.1 Å². The number of fused-ring (bicyclic) bond motifs is 2. The van der Waals surface area contributed by atoms with Crippen molar-refractivity contribution in [1.29, 1.82) is 0 Å². The van der Waals surface area contributed by atoms with E-state index in [1.165, 1.54) is 24.1 Å². The van der Waals surface area contributed by atoms with Crippen molar-refractivity contribution in [1.82, 2.24) is 9.97 Å². The van der Waals surface area contributed by atoms with Crippen LogP contribution < -0.4 is 4.90 Å². The second kappa shape index (κ2) is 11.4. The van der Waals surface area contributed by atoms with Gasteiger partial charge in [0.05, 0.1) is 11.4 Å². The van der Waals surface area contributed by atoms with Crippen molar-refractivity contribution in [2.75, 3.05) is 11.4 Å². The van der Waals surface area contributed by atoms with Gasteiger partial charge in [-0.25, -0.2) is 9.97 Å². The van der Waals surface area contributed by atoms with E-state index in [-0.39, 0.29) is 12.3 Å². The number of aromatic nitrogens is 2. The summed E-state index contributed by atoms with van der Waals surface area (Å²) in [4.78, 5) is 31.4. The normalized spacial score (nSPS) is 13.4. The molecule has 0 fully saturated rings. The molecule has 6 nitrogen and oxygen atoms in total. The number of rotatable bonds is 2. The summed E-state index contributed by atoms with van der Waals surface area (Å²) in [7, 11) is 0. The molecule has 0 radical (unpaired) electrons. The monoisotopic (exact) mass is 525 g/mol. The lowest BCUT2D eigenvalue weighted by Gasteiger charge is -2.15. The number of carboxylic acids is 1. The maximum absolute atomic E-state index is 11.5. The third-order valence-electron chi connectivity index (χ3n) is 4.58. The number of anilines is 1. The van der Waals surface area contributed by atoms with Gasteiger partial charge in [0.1, 0.15) is 9.21 Å². The number of nitrogens with zero attached hydrogens (tertiary/aromatic N) is 3. The van der Waals surface area contributed by atoms with Gasteiger partial charge in [-0.2, -0.15) is 0 Å². The maximum atomic E-state index is 11.5. The van der Waals surface area contributed by atoms with Gasteiger partial charge in [-0.05, 0) is 74.9 Å². The van der Waals surface area contributed by atoms with E-state index < -0.39 is 5.97 Å². The molecule has 1 aliphatic carbocycles. The summed E-state index contributed by atoms with van der Waals surface area (Å²) < 4.78 is 1.80. The molecule has 0 bridgehead atoms. The van der Waals surface area contributed by atoms with Gasteiger partial charge < -0.3 is 10.0 Å². The molecule has 8 heteroatoms. The van der Waals surface area contributed by atoms with E-state index in [2.05, 4.69) is 47.9 Å². The van der Waals surface area contributed by atoms with Crippen LogP contribution in [-0.2, 0) is 28.9 Å². The Kier molecular flexibility index (Phi) is 9.23. The third-order valence-corrected chi connectivity index (χ3v) is 5.46. The molecule has 29 heavy (non-hydrogen) atoms. The van der Waals surface area contributed by atoms with Crippen molar-refractivity contribution < 1.29 is 14.7 Å². The van der Waals surface area contributed by atoms with Gasteiger partial charge >= 0.3 is 5.97 Å². The van der Waals surface area contributed by atoms with E-state index >= 15 is 0 Å². The van der Waals surface area contributed by atoms with Crippen molar-refractivity contribution >= 4 is 49.4 Å². The highest BCUT2D eigenvalue weighted by molar-refractivity contribution is 9.10. The maximum Gasteiger partial charge on any atom is 0.303 e. The molecule has 1 N–H and O–H groups in total. The van der Waals surface area contributed by atoms with Crippen LogP contribution in [0.3, 0.4) is 0 Å². The molecule has 0 aromatic carbocycles. The molecule has 0 atom stereocenters. The Hall–Kier alpha value is -1.80. The van der Waals surface area contributed by atoms with Crippen LogP contribution in [0.25, 0.3) is 0 Å². The topological polar surface area (TPSA) is 83.4 Å². The van der Waals surface area contributed by atoms with Crippen LogP contribution in [0.4, 0.5) is 5.69 Å². The first-order valence-corrected chi connectivity index (χ1v) is 11.3. The molecule has 3 heterocycles. The zero-order valence-corrected chi connectivity index (χ0v) is 19.8. The van der Waals surface area contributed by atoms with Crippen molar-refractivity contribution in [3.05, 3.63) is 50.4 Å². The zero-order valence-electron chi connectivity index (χ0n) is 16.6. The van der Waals surface area contributed by atoms with Crippen LogP contribution in [-0.4, -0.2) is 33.5 Å². The van der Waals surface area contributed by atoms with Crippen LogP contribution in [0.2, 0.25) is 0 Å². The molecule has 2 aromatic rings. The van der Waals surface area contributed by atoms with Crippen LogP contribution in [0.15, 0.2) is 33.5 Å². The van der Waals surface area contributed by atoms with Gasteiger partial charge in [-0.1, -0.05) is 19.9 Å². The fourth-order valence-electron chi connectivity index (χ4n) is 3.08. The number of pyridine rings is 2. The first-order chi connectivity index (χ1) is 13.8. The van der Waals surface area contributed by atoms with Crippen molar-refractivity contribution in [3.8, 4) is 0 Å². The van der Waals surface area contributed by atoms with Gasteiger partial charge in [0, 0.05) is 31.5 Å². The molecule has 1 amide bonds. The summed E-state index contributed by atoms with van der Waals surface area (Å²) in [6.07, 6.45) is 5.29. The summed E-state index contributed by atoms with van der Waals surface area (Å²) in [5.74, 6) is -0.571. The largest absolute Gasteiger partial charge is 0.481 e. The molecule has 4 rings (SSSR count). The quantitative estimate of drug-likeness (QED) is 0.559. The molecule has 0 saturated carbocycles. The van der Waals surface area contributed by atoms with Gasteiger partial charge in [0.2, 0.25) is 5.91 Å². The number of hydrogen-bond donors (Lipinski definition) is 1. The highest BCUT2D eigenvalue weighted by atomic mass is 79.9. The lowest BCUT2D eigenvalue weighted by molar-refractivity contribution is -0.136. The van der Waals surface area contributed by atoms with E-state index in [4.69, 9.17) is 5.11 Å². The number of carbonyl (C=O) groups is 2. The number of aryl methyl sites for hydroxylation is 2. The molecule has 0 unspecified atom stereocenters. The Morgan fingerprint density at radius 3 is 2.21 bits per heavy atom. The number of carbonyl (C=O) groups excluding carboxylic acids is 1. The third kappa shape index (κ3) is 6.89. The molecule has 0 saturated heterocycles. The Labute approximate surface area is 188 Å². The Balaban J connectivity index is 0.000000175. The van der Waals surface area contributed by atoms with Gasteiger partial charge in [0.15, 0.2) is 0 Å². The first kappa shape index (κ1) is 23.5. The predicted molar refractivity (Wildman–Crippen MR) is 120 cm³/mol. The highest BCUT2D eigenvalue weighted by Crippen LogP contribution is 2.28. The summed E-state index contributed by atoms with van der Waals surface area (Å²) in [5, 5.41) is 7.72. The number of carboxylic acid groups (broad SMARTS) is 1. The Morgan fingerprint density at radius 2 is 1.59 bits per heavy atom.